The molecule has 1 fully saturated rings. The summed E-state index contributed by atoms with van der Waals surface area (Å²) in [5.74, 6) is -0.784. The van der Waals surface area contributed by atoms with Crippen LogP contribution in [0.2, 0.25) is 0 Å². The van der Waals surface area contributed by atoms with Crippen LogP contribution >= 0.6 is 22.6 Å². The SMILES string of the molecule is O=C(/C=C\c1cccc(I)c1)O[C@@H]1O[C@H](CO)[C@@H](O)[C@H](O)[C@H]1O. The van der Waals surface area contributed by atoms with E-state index in [-0.39, 0.29) is 0 Å². The van der Waals surface area contributed by atoms with Crippen molar-refractivity contribution >= 4 is 34.6 Å². The molecule has 5 atom stereocenters. The fourth-order valence-electron chi connectivity index (χ4n) is 2.09. The van der Waals surface area contributed by atoms with Gasteiger partial charge in [-0.05, 0) is 46.4 Å². The van der Waals surface area contributed by atoms with Crippen molar-refractivity contribution in [3.8, 4) is 0 Å². The molecule has 0 amide bonds. The number of carbonyl (C=O) groups is 1. The zero-order valence-corrected chi connectivity index (χ0v) is 14.1. The quantitative estimate of drug-likeness (QED) is 0.290. The van der Waals surface area contributed by atoms with E-state index in [1.165, 1.54) is 6.08 Å². The zero-order valence-electron chi connectivity index (χ0n) is 11.9. The maximum Gasteiger partial charge on any atom is 0.333 e. The second-order valence-corrected chi connectivity index (χ2v) is 6.27. The molecule has 0 aromatic heterocycles. The molecular formula is C15H17IO7. The Bertz CT molecular complexity index is 575. The number of hydrogen-bond acceptors (Lipinski definition) is 7. The van der Waals surface area contributed by atoms with E-state index in [9.17, 15) is 20.1 Å². The van der Waals surface area contributed by atoms with E-state index in [0.717, 1.165) is 15.2 Å². The normalized spacial score (nSPS) is 31.3. The first-order valence-corrected chi connectivity index (χ1v) is 7.95. The molecule has 0 aliphatic carbocycles. The van der Waals surface area contributed by atoms with Crippen LogP contribution in [0.5, 0.6) is 0 Å². The number of ether oxygens (including phenoxy) is 2. The van der Waals surface area contributed by atoms with Crippen molar-refractivity contribution < 1.29 is 34.7 Å². The van der Waals surface area contributed by atoms with Crippen LogP contribution in [0.25, 0.3) is 6.08 Å². The first-order chi connectivity index (χ1) is 10.9. The monoisotopic (exact) mass is 436 g/mol. The topological polar surface area (TPSA) is 116 Å². The maximum atomic E-state index is 11.8. The highest BCUT2D eigenvalue weighted by molar-refractivity contribution is 14.1. The summed E-state index contributed by atoms with van der Waals surface area (Å²) in [6.07, 6.45) is -4.58. The minimum absolute atomic E-state index is 0.586. The molecule has 0 radical (unpaired) electrons. The van der Waals surface area contributed by atoms with Gasteiger partial charge in [-0.15, -0.1) is 0 Å². The molecule has 23 heavy (non-hydrogen) atoms. The molecule has 8 heteroatoms. The van der Waals surface area contributed by atoms with Gasteiger partial charge in [-0.2, -0.15) is 0 Å². The van der Waals surface area contributed by atoms with Gasteiger partial charge in [0, 0.05) is 9.65 Å². The van der Waals surface area contributed by atoms with Gasteiger partial charge in [0.15, 0.2) is 0 Å². The highest BCUT2D eigenvalue weighted by atomic mass is 127. The Balaban J connectivity index is 1.99. The van der Waals surface area contributed by atoms with Gasteiger partial charge in [0.2, 0.25) is 6.29 Å². The summed E-state index contributed by atoms with van der Waals surface area (Å²) in [5.41, 5.74) is 0.794. The lowest BCUT2D eigenvalue weighted by Gasteiger charge is -2.38. The molecule has 1 saturated heterocycles. The van der Waals surface area contributed by atoms with E-state index in [1.807, 2.05) is 18.2 Å². The molecular weight excluding hydrogens is 419 g/mol. The lowest BCUT2D eigenvalue weighted by Crippen LogP contribution is -2.59. The van der Waals surface area contributed by atoms with Crippen LogP contribution in [-0.2, 0) is 14.3 Å². The molecule has 0 bridgehead atoms. The molecule has 4 N–H and O–H groups in total. The predicted molar refractivity (Wildman–Crippen MR) is 88.1 cm³/mol. The van der Waals surface area contributed by atoms with Crippen molar-refractivity contribution in [2.75, 3.05) is 6.61 Å². The van der Waals surface area contributed by atoms with Gasteiger partial charge in [0.05, 0.1) is 6.61 Å². The van der Waals surface area contributed by atoms with Crippen LogP contribution in [0.4, 0.5) is 0 Å². The molecule has 0 spiro atoms. The number of aliphatic hydroxyl groups excluding tert-OH is 4. The smallest absolute Gasteiger partial charge is 0.333 e. The number of aliphatic hydroxyl groups is 4. The van der Waals surface area contributed by atoms with Crippen molar-refractivity contribution in [1.82, 2.24) is 0 Å². The van der Waals surface area contributed by atoms with Gasteiger partial charge >= 0.3 is 5.97 Å². The van der Waals surface area contributed by atoms with Gasteiger partial charge in [-0.25, -0.2) is 4.79 Å². The highest BCUT2D eigenvalue weighted by Gasteiger charge is 2.45. The van der Waals surface area contributed by atoms with E-state index < -0.39 is 43.3 Å². The van der Waals surface area contributed by atoms with Crippen molar-refractivity contribution in [3.63, 3.8) is 0 Å². The van der Waals surface area contributed by atoms with E-state index in [0.29, 0.717) is 0 Å². The number of esters is 1. The molecule has 7 nitrogen and oxygen atoms in total. The number of hydrogen-bond donors (Lipinski definition) is 4. The van der Waals surface area contributed by atoms with Crippen LogP contribution in [0.15, 0.2) is 30.3 Å². The third kappa shape index (κ3) is 4.72. The summed E-state index contributed by atoms with van der Waals surface area (Å²) in [4.78, 5) is 11.8. The Hall–Kier alpha value is -1.04. The molecule has 126 valence electrons. The Kier molecular flexibility index (Phi) is 6.50. The maximum absolute atomic E-state index is 11.8. The number of benzene rings is 1. The van der Waals surface area contributed by atoms with Crippen molar-refractivity contribution in [2.45, 2.75) is 30.7 Å². The average Bonchev–Trinajstić information content (AvgIpc) is 2.53. The second-order valence-electron chi connectivity index (χ2n) is 5.02. The summed E-state index contributed by atoms with van der Waals surface area (Å²) in [6, 6.07) is 7.41. The molecule has 1 aromatic carbocycles. The number of halogens is 1. The van der Waals surface area contributed by atoms with Gasteiger partial charge in [-0.3, -0.25) is 0 Å². The molecule has 1 heterocycles. The Morgan fingerprint density at radius 2 is 2.00 bits per heavy atom. The Labute approximate surface area is 146 Å². The van der Waals surface area contributed by atoms with Crippen molar-refractivity contribution in [2.24, 2.45) is 0 Å². The van der Waals surface area contributed by atoms with E-state index >= 15 is 0 Å². The van der Waals surface area contributed by atoms with Gasteiger partial charge in [0.1, 0.15) is 24.4 Å². The highest BCUT2D eigenvalue weighted by Crippen LogP contribution is 2.22. The third-order valence-corrected chi connectivity index (χ3v) is 4.01. The van der Waals surface area contributed by atoms with Gasteiger partial charge in [-0.1, -0.05) is 12.1 Å². The Morgan fingerprint density at radius 3 is 2.65 bits per heavy atom. The zero-order chi connectivity index (χ0) is 17.0. The van der Waals surface area contributed by atoms with E-state index in [1.54, 1.807) is 6.07 Å². The Morgan fingerprint density at radius 1 is 1.26 bits per heavy atom. The summed E-state index contributed by atoms with van der Waals surface area (Å²) in [6.45, 7) is -0.586. The first kappa shape index (κ1) is 18.3. The standard InChI is InChI=1S/C15H17IO7/c16-9-3-1-2-8(6-9)4-5-11(18)23-15-14(21)13(20)12(19)10(7-17)22-15/h1-6,10,12-15,17,19-21H,7H2/b5-4-/t10-,12-,13+,14-,15+/m1/s1. The summed E-state index contributed by atoms with van der Waals surface area (Å²) >= 11 is 2.14. The summed E-state index contributed by atoms with van der Waals surface area (Å²) in [5, 5.41) is 38.1. The average molecular weight is 436 g/mol. The van der Waals surface area contributed by atoms with Crippen LogP contribution in [0, 0.1) is 3.57 Å². The fraction of sp³-hybridized carbons (Fsp3) is 0.400. The first-order valence-electron chi connectivity index (χ1n) is 6.87. The van der Waals surface area contributed by atoms with Crippen LogP contribution in [0.3, 0.4) is 0 Å². The minimum atomic E-state index is -1.61. The van der Waals surface area contributed by atoms with Crippen molar-refractivity contribution in [1.29, 1.82) is 0 Å². The minimum Gasteiger partial charge on any atom is -0.430 e. The molecule has 1 aromatic rings. The molecule has 1 aliphatic rings. The lowest BCUT2D eigenvalue weighted by molar-refractivity contribution is -0.291. The molecule has 1 aliphatic heterocycles. The third-order valence-electron chi connectivity index (χ3n) is 3.34. The van der Waals surface area contributed by atoms with E-state index in [4.69, 9.17) is 14.6 Å². The molecule has 0 saturated carbocycles. The summed E-state index contributed by atoms with van der Waals surface area (Å²) < 4.78 is 11.0. The molecule has 0 unspecified atom stereocenters. The summed E-state index contributed by atoms with van der Waals surface area (Å²) in [7, 11) is 0. The van der Waals surface area contributed by atoms with E-state index in [2.05, 4.69) is 22.6 Å². The molecule has 2 rings (SSSR count). The number of rotatable bonds is 4. The van der Waals surface area contributed by atoms with Gasteiger partial charge < -0.3 is 29.9 Å². The largest absolute Gasteiger partial charge is 0.430 e. The van der Waals surface area contributed by atoms with Crippen LogP contribution in [-0.4, -0.2) is 63.7 Å². The van der Waals surface area contributed by atoms with Crippen LogP contribution in [0.1, 0.15) is 5.56 Å². The predicted octanol–water partition coefficient (Wildman–Crippen LogP) is -0.353. The number of carbonyl (C=O) groups excluding carboxylic acids is 1. The lowest BCUT2D eigenvalue weighted by atomic mass is 9.99. The van der Waals surface area contributed by atoms with Gasteiger partial charge in [0.25, 0.3) is 0 Å². The second kappa shape index (κ2) is 8.18. The van der Waals surface area contributed by atoms with Crippen LogP contribution < -0.4 is 0 Å². The fourth-order valence-corrected chi connectivity index (χ4v) is 2.66. The van der Waals surface area contributed by atoms with Crippen molar-refractivity contribution in [3.05, 3.63) is 39.5 Å².